The molecule has 4 atom stereocenters. The number of fused-ring (bicyclic) bond motifs is 3. The first-order valence-corrected chi connectivity index (χ1v) is 46.6. The summed E-state index contributed by atoms with van der Waals surface area (Å²) in [5.74, 6) is 3.72. The number of ether oxygens (including phenoxy) is 3. The van der Waals surface area contributed by atoms with Gasteiger partial charge in [-0.3, -0.25) is 38.1 Å². The monoisotopic (exact) mass is 1850 g/mol. The lowest BCUT2D eigenvalue weighted by atomic mass is 9.95. The second-order valence-electron chi connectivity index (χ2n) is 34.9. The Morgan fingerprint density at radius 2 is 1.15 bits per heavy atom. The highest BCUT2D eigenvalue weighted by molar-refractivity contribution is 7.12. The number of pyridine rings is 4. The number of imidazole rings is 1. The van der Waals surface area contributed by atoms with Gasteiger partial charge in [0, 0.05) is 185 Å². The number of allylic oxidation sites excluding steroid dienone is 1. The summed E-state index contributed by atoms with van der Waals surface area (Å²) in [6, 6.07) is 42.0. The average molecular weight is 1850 g/mol. The Morgan fingerprint density at radius 3 is 1.75 bits per heavy atom. The number of aryl methyl sites for hydroxylation is 1. The Morgan fingerprint density at radius 1 is 0.548 bits per heavy atom. The van der Waals surface area contributed by atoms with Crippen LogP contribution in [0, 0.1) is 0 Å². The molecule has 4 aromatic carbocycles. The van der Waals surface area contributed by atoms with E-state index in [1.165, 1.54) is 47.5 Å². The number of anilines is 6. The molecule has 0 aliphatic carbocycles. The van der Waals surface area contributed by atoms with Crippen molar-refractivity contribution < 1.29 is 37.0 Å². The van der Waals surface area contributed by atoms with Crippen molar-refractivity contribution >= 4 is 91.2 Å². The van der Waals surface area contributed by atoms with E-state index >= 15 is 0 Å². The van der Waals surface area contributed by atoms with Gasteiger partial charge in [-0.2, -0.15) is 28.1 Å². The number of likely N-dealkylation sites (tertiary alicyclic amines) is 3. The van der Waals surface area contributed by atoms with Crippen LogP contribution >= 0.6 is 11.3 Å². The van der Waals surface area contributed by atoms with Crippen molar-refractivity contribution in [1.29, 1.82) is 0 Å². The van der Waals surface area contributed by atoms with Crippen LogP contribution in [0.4, 0.5) is 48.1 Å². The van der Waals surface area contributed by atoms with Crippen molar-refractivity contribution in [3.8, 4) is 56.1 Å². The SMILES string of the molecule is C=C(C)N1CCCC1c1ccc(-c2cc3cnc(Nc4ccc(C5CN(C)CCO5)cc4)nc3n(-c3ccccc3)c2=O)nc1.CC(=O)N1CCC(c2ncc(-c3cc4cnc(Nc5ccc(OC6CCCNC6)cc5)nc4n(CC(F)(F)F)c3=O)cn2)CC1.CC(=O)N1CCCC(c2cn(C)c(-c3cc4cnc(Nc5ccc(OC6CCNCC6)cc5)nc4n(-c4nccs4)c3=O)n2)C1. The van der Waals surface area contributed by atoms with Gasteiger partial charge >= 0.3 is 6.18 Å². The highest BCUT2D eigenvalue weighted by Crippen LogP contribution is 2.38. The molecule has 20 rings (SSSR count). The summed E-state index contributed by atoms with van der Waals surface area (Å²) in [6.45, 7) is 17.7. The van der Waals surface area contributed by atoms with Crippen LogP contribution in [0.2, 0.25) is 0 Å². The maximum absolute atomic E-state index is 14.2. The molecule has 0 bridgehead atoms. The molecule has 2 amide bonds. The minimum absolute atomic E-state index is 0.0118. The lowest BCUT2D eigenvalue weighted by Gasteiger charge is -2.31. The molecule has 10 aromatic heterocycles. The minimum atomic E-state index is -4.67. The number of nitrogens with one attached hydrogen (secondary N) is 5. The molecule has 6 aliphatic heterocycles. The molecule has 696 valence electrons. The van der Waals surface area contributed by atoms with E-state index in [0.717, 1.165) is 161 Å². The maximum atomic E-state index is 14.2. The van der Waals surface area contributed by atoms with Crippen molar-refractivity contribution in [3.63, 3.8) is 0 Å². The minimum Gasteiger partial charge on any atom is -0.490 e. The number of halogens is 3. The normalized spacial score (nSPS) is 18.0. The van der Waals surface area contributed by atoms with Gasteiger partial charge in [0.1, 0.15) is 47.5 Å². The third kappa shape index (κ3) is 21.4. The summed E-state index contributed by atoms with van der Waals surface area (Å²) in [5, 5.41) is 20.2. The largest absolute Gasteiger partial charge is 0.490 e. The molecule has 0 saturated carbocycles. The number of piperidine rings is 4. The van der Waals surface area contributed by atoms with Gasteiger partial charge in [-0.1, -0.05) is 43.0 Å². The summed E-state index contributed by atoms with van der Waals surface area (Å²) in [4.78, 5) is 124. The van der Waals surface area contributed by atoms with Gasteiger partial charge in [-0.15, -0.1) is 11.3 Å². The van der Waals surface area contributed by atoms with Gasteiger partial charge in [0.15, 0.2) is 16.4 Å². The first kappa shape index (κ1) is 91.4. The highest BCUT2D eigenvalue weighted by Gasteiger charge is 2.34. The molecule has 0 spiro atoms. The summed E-state index contributed by atoms with van der Waals surface area (Å²) < 4.78 is 64.8. The Balaban J connectivity index is 0.000000135. The van der Waals surface area contributed by atoms with Gasteiger partial charge in [-0.25, -0.2) is 39.5 Å². The van der Waals surface area contributed by atoms with Crippen LogP contribution in [0.1, 0.15) is 132 Å². The molecule has 6 fully saturated rings. The first-order chi connectivity index (χ1) is 65.5. The Bertz CT molecular complexity index is 6770. The van der Waals surface area contributed by atoms with Crippen molar-refractivity contribution in [2.75, 3.05) is 102 Å². The number of rotatable bonds is 21. The van der Waals surface area contributed by atoms with E-state index in [2.05, 4.69) is 103 Å². The number of para-hydroxylation sites is 1. The number of hydrogen-bond donors (Lipinski definition) is 5. The third-order valence-electron chi connectivity index (χ3n) is 25.3. The lowest BCUT2D eigenvalue weighted by molar-refractivity contribution is -0.140. The number of carbonyl (C=O) groups is 2. The molecule has 135 heavy (non-hydrogen) atoms. The Hall–Kier alpha value is -14.1. The fourth-order valence-electron chi connectivity index (χ4n) is 18.2. The standard InChI is InChI=1S/C36H37N7O2.C32H35N9O3S.C31H33F3N8O3/c1-24(2)42-17-7-10-32(42)26-13-16-31(37-21-26)30-20-27-22-38-36(40-34(27)43(35(30)44)29-8-5-4-6-9-29)39-28-14-11-25(12-15-28)33-23-41(3)18-19-45-33;1-20(42)40-14-3-4-21(18-40)27-19-39(2)29(37-27)26-16-22-17-35-31(38-28(22)41(30(26)43)32-34-13-15-45-32)36-23-5-7-24(8-6-23)44-25-9-11-33-12-10-25;1-19(43)41-11-8-20(9-12-41)27-36-15-22(16-37-27)26-13-21-14-38-30(40-28(21)42(29(26)44)18-31(32,33)34)39-23-4-6-24(7-5-23)45-25-3-2-10-35-17-25/h4-6,8-9,11-16,20-22,32-33H,1,7,10,17-19,23H2,2-3H3,(H,38,39,40);5-8,13,15-17,19,21,25,33H,3-4,9-12,14,18H2,1-2H3,(H,35,36,38);4-7,13-16,20,25,35H,2-3,8-12,17-18H2,1H3,(H,38,39,40). The number of alkyl halides is 3. The molecule has 6 aliphatic rings. The molecular weight excluding hydrogens is 1740 g/mol. The summed E-state index contributed by atoms with van der Waals surface area (Å²) in [7, 11) is 4.00. The fraction of sp³-hybridized carbons (Fsp3) is 0.354. The van der Waals surface area contributed by atoms with Gasteiger partial charge in [0.05, 0.1) is 52.5 Å². The van der Waals surface area contributed by atoms with E-state index in [0.29, 0.717) is 111 Å². The molecule has 32 nitrogen and oxygen atoms in total. The third-order valence-corrected chi connectivity index (χ3v) is 26.1. The number of aromatic nitrogens is 15. The first-order valence-electron chi connectivity index (χ1n) is 45.7. The maximum Gasteiger partial charge on any atom is 0.406 e. The molecule has 16 heterocycles. The zero-order chi connectivity index (χ0) is 93.4. The highest BCUT2D eigenvalue weighted by atomic mass is 32.1. The summed E-state index contributed by atoms with van der Waals surface area (Å²) in [5.41, 5.74) is 8.52. The molecule has 5 N–H and O–H groups in total. The van der Waals surface area contributed by atoms with Crippen LogP contribution in [0.3, 0.4) is 0 Å². The fourth-order valence-corrected chi connectivity index (χ4v) is 18.9. The number of thiazole rings is 1. The lowest BCUT2D eigenvalue weighted by Crippen LogP contribution is -2.37. The summed E-state index contributed by atoms with van der Waals surface area (Å²) in [6.07, 6.45) is 18.5. The smallest absolute Gasteiger partial charge is 0.406 e. The molecule has 0 radical (unpaired) electrons. The van der Waals surface area contributed by atoms with Gasteiger partial charge < -0.3 is 65.0 Å². The van der Waals surface area contributed by atoms with Gasteiger partial charge in [0.25, 0.3) is 16.7 Å². The van der Waals surface area contributed by atoms with E-state index in [4.69, 9.17) is 34.1 Å². The molecule has 14 aromatic rings. The second-order valence-corrected chi connectivity index (χ2v) is 35.8. The number of carbonyl (C=O) groups excluding carboxylic acids is 2. The van der Waals surface area contributed by atoms with E-state index in [1.54, 1.807) is 65.3 Å². The van der Waals surface area contributed by atoms with Crippen LogP contribution in [0.5, 0.6) is 11.5 Å². The van der Waals surface area contributed by atoms with Crippen LogP contribution in [-0.4, -0.2) is 209 Å². The number of morpholine rings is 1. The van der Waals surface area contributed by atoms with Crippen molar-refractivity contribution in [3.05, 3.63) is 254 Å². The van der Waals surface area contributed by atoms with Gasteiger partial charge in [0.2, 0.25) is 29.7 Å². The van der Waals surface area contributed by atoms with Crippen LogP contribution in [0.15, 0.2) is 215 Å². The van der Waals surface area contributed by atoms with Gasteiger partial charge in [-0.05, 0) is 206 Å². The van der Waals surface area contributed by atoms with E-state index in [9.17, 15) is 37.1 Å². The molecule has 4 unspecified atom stereocenters. The number of benzene rings is 4. The molecular formula is C99H105F3N24O8S. The quantitative estimate of drug-likeness (QED) is 0.0446. The van der Waals surface area contributed by atoms with Crippen LogP contribution in [-0.2, 0) is 27.9 Å². The zero-order valence-electron chi connectivity index (χ0n) is 75.6. The molecule has 36 heteroatoms. The van der Waals surface area contributed by atoms with Crippen molar-refractivity contribution in [2.24, 2.45) is 7.05 Å². The second kappa shape index (κ2) is 40.8. The Kier molecular flexibility index (Phi) is 27.6. The van der Waals surface area contributed by atoms with E-state index in [-0.39, 0.29) is 87.2 Å². The van der Waals surface area contributed by atoms with Crippen LogP contribution in [0.25, 0.3) is 77.7 Å². The number of amides is 2. The Labute approximate surface area is 780 Å². The predicted molar refractivity (Wildman–Crippen MR) is 513 cm³/mol. The average Bonchev–Trinajstić information content (AvgIpc) is 1.51. The predicted octanol–water partition coefficient (Wildman–Crippen LogP) is 14.9. The van der Waals surface area contributed by atoms with Crippen LogP contribution < -0.4 is 52.7 Å². The van der Waals surface area contributed by atoms with Crippen molar-refractivity contribution in [1.82, 2.24) is 103 Å². The number of nitrogens with zero attached hydrogens (tertiary/aromatic N) is 19. The zero-order valence-corrected chi connectivity index (χ0v) is 76.5. The van der Waals surface area contributed by atoms with Crippen molar-refractivity contribution in [2.45, 2.75) is 134 Å². The van der Waals surface area contributed by atoms with E-state index in [1.807, 2.05) is 120 Å². The number of hydrogen-bond acceptors (Lipinski definition) is 27. The summed E-state index contributed by atoms with van der Waals surface area (Å²) >= 11 is 1.36. The number of likely N-dealkylation sites (N-methyl/N-ethyl adjacent to an activating group) is 1. The topological polar surface area (TPSA) is 348 Å². The van der Waals surface area contributed by atoms with E-state index < -0.39 is 18.3 Å². The molecule has 6 saturated heterocycles.